The zero-order valence-corrected chi connectivity index (χ0v) is 16.0. The van der Waals surface area contributed by atoms with Crippen LogP contribution in [0.3, 0.4) is 0 Å². The van der Waals surface area contributed by atoms with Gasteiger partial charge in [-0.1, -0.05) is 11.6 Å². The summed E-state index contributed by atoms with van der Waals surface area (Å²) in [5.41, 5.74) is 6.71. The van der Waals surface area contributed by atoms with E-state index in [4.69, 9.17) is 21.8 Å². The van der Waals surface area contributed by atoms with Crippen LogP contribution in [0.4, 0.5) is 10.1 Å². The molecule has 2 heterocycles. The molecule has 2 aromatic heterocycles. The number of nitrogens with two attached hydrogens (primary N) is 1. The number of nitrogens with one attached hydrogen (secondary N) is 2. The first-order chi connectivity index (χ1) is 13.0. The molecule has 2 unspecified atom stereocenters. The first-order valence-corrected chi connectivity index (χ1v) is 9.34. The Labute approximate surface area is 164 Å². The van der Waals surface area contributed by atoms with Crippen molar-refractivity contribution in [2.75, 3.05) is 12.4 Å². The number of carbonyl (C=O) groups is 1. The Morgan fingerprint density at radius 3 is 2.89 bits per heavy atom. The molecule has 6 nitrogen and oxygen atoms in total. The first kappa shape index (κ1) is 19.5. The van der Waals surface area contributed by atoms with Crippen LogP contribution in [0.15, 0.2) is 47.3 Å². The summed E-state index contributed by atoms with van der Waals surface area (Å²) in [5.74, 6) is -0.140. The van der Waals surface area contributed by atoms with Crippen molar-refractivity contribution in [3.05, 3.63) is 58.6 Å². The number of hydrogen-bond donors (Lipinski definition) is 3. The summed E-state index contributed by atoms with van der Waals surface area (Å²) < 4.78 is 18.5. The number of hydrogen-bond acceptors (Lipinski definition) is 6. The van der Waals surface area contributed by atoms with Crippen LogP contribution >= 0.6 is 22.9 Å². The predicted octanol–water partition coefficient (Wildman–Crippen LogP) is 3.81. The zero-order valence-electron chi connectivity index (χ0n) is 14.4. The Morgan fingerprint density at radius 2 is 2.22 bits per heavy atom. The molecule has 0 aliphatic carbocycles. The second-order valence-electron chi connectivity index (χ2n) is 5.87. The summed E-state index contributed by atoms with van der Waals surface area (Å²) in [4.78, 5) is 18.3. The fourth-order valence-electron chi connectivity index (χ4n) is 2.55. The molecule has 4 N–H and O–H groups in total. The van der Waals surface area contributed by atoms with Gasteiger partial charge in [-0.3, -0.25) is 4.79 Å². The second kappa shape index (κ2) is 8.62. The van der Waals surface area contributed by atoms with Crippen LogP contribution < -0.4 is 16.4 Å². The average Bonchev–Trinajstić information content (AvgIpc) is 3.33. The van der Waals surface area contributed by atoms with Crippen LogP contribution in [-0.4, -0.2) is 24.0 Å². The summed E-state index contributed by atoms with van der Waals surface area (Å²) in [7, 11) is 1.68. The summed E-state index contributed by atoms with van der Waals surface area (Å²) >= 11 is 7.24. The summed E-state index contributed by atoms with van der Waals surface area (Å²) in [6.45, 7) is 0. The maximum atomic E-state index is 13.2. The quantitative estimate of drug-likeness (QED) is 0.552. The molecule has 0 bridgehead atoms. The highest BCUT2D eigenvalue weighted by Crippen LogP contribution is 2.32. The standard InChI is InChI=1S/C18H18ClFN4O2S/c1-22-14(18(25)24-10-2-3-12(20)11(19)6-10)7-13(21)16-4-5-17(27-16)15-8-23-9-26-15/h2-6,8-9,13-14,22H,7,21H2,1H3,(H,24,25). The average molecular weight is 409 g/mol. The van der Waals surface area contributed by atoms with Crippen LogP contribution in [0.25, 0.3) is 10.6 Å². The molecule has 1 aromatic carbocycles. The third-order valence-corrected chi connectivity index (χ3v) is 5.53. The first-order valence-electron chi connectivity index (χ1n) is 8.15. The van der Waals surface area contributed by atoms with Gasteiger partial charge in [0.25, 0.3) is 0 Å². The number of aromatic nitrogens is 1. The number of anilines is 1. The van der Waals surface area contributed by atoms with E-state index in [-0.39, 0.29) is 17.0 Å². The molecule has 0 saturated carbocycles. The molecule has 3 aromatic rings. The second-order valence-corrected chi connectivity index (χ2v) is 7.39. The summed E-state index contributed by atoms with van der Waals surface area (Å²) in [6.07, 6.45) is 3.39. The smallest absolute Gasteiger partial charge is 0.241 e. The number of amides is 1. The van der Waals surface area contributed by atoms with E-state index >= 15 is 0 Å². The number of oxazole rings is 1. The Hall–Kier alpha value is -2.26. The van der Waals surface area contributed by atoms with E-state index in [9.17, 15) is 9.18 Å². The van der Waals surface area contributed by atoms with E-state index in [0.29, 0.717) is 17.9 Å². The van der Waals surface area contributed by atoms with Gasteiger partial charge < -0.3 is 20.8 Å². The summed E-state index contributed by atoms with van der Waals surface area (Å²) in [6, 6.07) is 6.98. The van der Waals surface area contributed by atoms with Gasteiger partial charge in [-0.2, -0.15) is 0 Å². The largest absolute Gasteiger partial charge is 0.443 e. The molecule has 1 amide bonds. The molecule has 0 aliphatic rings. The van der Waals surface area contributed by atoms with Crippen LogP contribution in [0.1, 0.15) is 17.3 Å². The molecule has 27 heavy (non-hydrogen) atoms. The van der Waals surface area contributed by atoms with E-state index in [1.165, 1.54) is 35.9 Å². The van der Waals surface area contributed by atoms with Gasteiger partial charge in [0.05, 0.1) is 22.1 Å². The Balaban J connectivity index is 1.65. The maximum absolute atomic E-state index is 13.2. The van der Waals surface area contributed by atoms with Crippen molar-refractivity contribution in [1.29, 1.82) is 0 Å². The van der Waals surface area contributed by atoms with Crippen molar-refractivity contribution in [1.82, 2.24) is 10.3 Å². The normalized spacial score (nSPS) is 13.3. The highest BCUT2D eigenvalue weighted by molar-refractivity contribution is 7.15. The molecule has 0 saturated heterocycles. The van der Waals surface area contributed by atoms with Crippen molar-refractivity contribution in [3.63, 3.8) is 0 Å². The van der Waals surface area contributed by atoms with Crippen molar-refractivity contribution < 1.29 is 13.6 Å². The molecule has 0 radical (unpaired) electrons. The Morgan fingerprint density at radius 1 is 1.41 bits per heavy atom. The monoisotopic (exact) mass is 408 g/mol. The van der Waals surface area contributed by atoms with E-state index in [2.05, 4.69) is 15.6 Å². The molecule has 0 fully saturated rings. The van der Waals surface area contributed by atoms with Gasteiger partial charge in [0.15, 0.2) is 12.2 Å². The number of rotatable bonds is 7. The molecule has 2 atom stereocenters. The molecule has 0 spiro atoms. The third-order valence-electron chi connectivity index (χ3n) is 4.01. The van der Waals surface area contributed by atoms with Crippen LogP contribution in [0, 0.1) is 5.82 Å². The van der Waals surface area contributed by atoms with Crippen molar-refractivity contribution in [2.45, 2.75) is 18.5 Å². The van der Waals surface area contributed by atoms with E-state index in [1.54, 1.807) is 13.2 Å². The van der Waals surface area contributed by atoms with E-state index in [0.717, 1.165) is 9.75 Å². The maximum Gasteiger partial charge on any atom is 0.241 e. The number of halogens is 2. The number of likely N-dealkylation sites (N-methyl/N-ethyl adjacent to an activating group) is 1. The Kier molecular flexibility index (Phi) is 6.22. The third kappa shape index (κ3) is 4.72. The summed E-state index contributed by atoms with van der Waals surface area (Å²) in [5, 5.41) is 5.63. The highest BCUT2D eigenvalue weighted by Gasteiger charge is 2.22. The SMILES string of the molecule is CNC(CC(N)c1ccc(-c2cnco2)s1)C(=O)Nc1ccc(F)c(Cl)c1. The lowest BCUT2D eigenvalue weighted by atomic mass is 10.1. The van der Waals surface area contributed by atoms with Gasteiger partial charge in [-0.25, -0.2) is 9.37 Å². The van der Waals surface area contributed by atoms with Gasteiger partial charge in [0.1, 0.15) is 5.82 Å². The molecular weight excluding hydrogens is 391 g/mol. The Bertz CT molecular complexity index is 916. The van der Waals surface area contributed by atoms with Crippen LogP contribution in [-0.2, 0) is 4.79 Å². The number of benzene rings is 1. The van der Waals surface area contributed by atoms with Crippen molar-refractivity contribution in [2.24, 2.45) is 5.73 Å². The number of thiophene rings is 1. The number of carbonyl (C=O) groups excluding carboxylic acids is 1. The molecule has 0 aliphatic heterocycles. The zero-order chi connectivity index (χ0) is 19.4. The fourth-order valence-corrected chi connectivity index (χ4v) is 3.71. The molecule has 142 valence electrons. The van der Waals surface area contributed by atoms with E-state index in [1.807, 2.05) is 12.1 Å². The van der Waals surface area contributed by atoms with Crippen molar-refractivity contribution in [3.8, 4) is 10.6 Å². The van der Waals surface area contributed by atoms with E-state index < -0.39 is 11.9 Å². The number of nitrogens with zero attached hydrogens (tertiary/aromatic N) is 1. The predicted molar refractivity (Wildman–Crippen MR) is 104 cm³/mol. The minimum Gasteiger partial charge on any atom is -0.443 e. The highest BCUT2D eigenvalue weighted by atomic mass is 35.5. The van der Waals surface area contributed by atoms with Crippen molar-refractivity contribution >= 4 is 34.5 Å². The molecule has 9 heteroatoms. The van der Waals surface area contributed by atoms with Gasteiger partial charge in [0.2, 0.25) is 5.91 Å². The lowest BCUT2D eigenvalue weighted by molar-refractivity contribution is -0.118. The fraction of sp³-hybridized carbons (Fsp3) is 0.222. The lowest BCUT2D eigenvalue weighted by Gasteiger charge is -2.19. The lowest BCUT2D eigenvalue weighted by Crippen LogP contribution is -2.40. The van der Waals surface area contributed by atoms with Gasteiger partial charge in [-0.15, -0.1) is 11.3 Å². The van der Waals surface area contributed by atoms with Gasteiger partial charge >= 0.3 is 0 Å². The molecular formula is C18H18ClFN4O2S. The van der Waals surface area contributed by atoms with Crippen LogP contribution in [0.2, 0.25) is 5.02 Å². The topological polar surface area (TPSA) is 93.2 Å². The molecule has 3 rings (SSSR count). The minimum atomic E-state index is -0.540. The van der Waals surface area contributed by atoms with Gasteiger partial charge in [-0.05, 0) is 43.8 Å². The van der Waals surface area contributed by atoms with Crippen LogP contribution in [0.5, 0.6) is 0 Å². The minimum absolute atomic E-state index is 0.0518. The van der Waals surface area contributed by atoms with Gasteiger partial charge in [0, 0.05) is 16.6 Å².